The van der Waals surface area contributed by atoms with Crippen molar-refractivity contribution >= 4 is 28.1 Å². The normalized spacial score (nSPS) is 14.1. The van der Waals surface area contributed by atoms with E-state index in [0.29, 0.717) is 23.2 Å². The minimum absolute atomic E-state index is 0.0806. The van der Waals surface area contributed by atoms with Crippen LogP contribution in [-0.4, -0.2) is 21.6 Å². The summed E-state index contributed by atoms with van der Waals surface area (Å²) in [6.07, 6.45) is 0.309. The summed E-state index contributed by atoms with van der Waals surface area (Å²) >= 11 is 0. The molecule has 0 amide bonds. The van der Waals surface area contributed by atoms with Crippen molar-refractivity contribution in [3.05, 3.63) is 59.8 Å². The number of Topliss-reactive ketones (excluding diaryl/α,β-unsaturated/α-hetero) is 1. The fourth-order valence-corrected chi connectivity index (χ4v) is 2.70. The molecule has 2 aromatic carbocycles. The number of rotatable bonds is 1. The molecule has 0 saturated carbocycles. The van der Waals surface area contributed by atoms with Crippen LogP contribution in [-0.2, 0) is 11.2 Å². The highest BCUT2D eigenvalue weighted by atomic mass is 16.3. The molecule has 4 nitrogen and oxygen atoms in total. The molecule has 0 bridgehead atoms. The molecule has 4 rings (SSSR count). The average molecular weight is 276 g/mol. The molecule has 21 heavy (non-hydrogen) atoms. The van der Waals surface area contributed by atoms with Crippen molar-refractivity contribution in [2.45, 2.75) is 6.42 Å². The molecule has 0 atom stereocenters. The fourth-order valence-electron chi connectivity index (χ4n) is 2.70. The van der Waals surface area contributed by atoms with Gasteiger partial charge in [-0.05, 0) is 23.8 Å². The molecule has 0 saturated heterocycles. The molecule has 0 radical (unpaired) electrons. The molecule has 2 heterocycles. The van der Waals surface area contributed by atoms with Crippen molar-refractivity contribution in [1.82, 2.24) is 4.98 Å². The molecule has 0 spiro atoms. The van der Waals surface area contributed by atoms with Gasteiger partial charge in [0.25, 0.3) is 0 Å². The van der Waals surface area contributed by atoms with Crippen LogP contribution in [0.5, 0.6) is 5.75 Å². The lowest BCUT2D eigenvalue weighted by Gasteiger charge is -2.13. The van der Waals surface area contributed by atoms with Gasteiger partial charge >= 0.3 is 0 Å². The number of para-hydroxylation sites is 2. The first-order valence-corrected chi connectivity index (χ1v) is 6.74. The van der Waals surface area contributed by atoms with Crippen LogP contribution in [0.2, 0.25) is 0 Å². The first kappa shape index (κ1) is 11.9. The van der Waals surface area contributed by atoms with Crippen molar-refractivity contribution in [2.75, 3.05) is 0 Å². The van der Waals surface area contributed by atoms with Crippen LogP contribution in [0.15, 0.2) is 53.5 Å². The zero-order chi connectivity index (χ0) is 14.4. The van der Waals surface area contributed by atoms with E-state index < -0.39 is 0 Å². The summed E-state index contributed by atoms with van der Waals surface area (Å²) in [6, 6.07) is 15.0. The maximum Gasteiger partial charge on any atom is 0.187 e. The number of hydrogen-bond donors (Lipinski definition) is 2. The van der Waals surface area contributed by atoms with E-state index >= 15 is 0 Å². The number of aromatic nitrogens is 1. The van der Waals surface area contributed by atoms with Crippen LogP contribution in [0.4, 0.5) is 5.69 Å². The van der Waals surface area contributed by atoms with Gasteiger partial charge in [0.15, 0.2) is 11.5 Å². The lowest BCUT2D eigenvalue weighted by Crippen LogP contribution is -2.21. The summed E-state index contributed by atoms with van der Waals surface area (Å²) in [7, 11) is 0. The lowest BCUT2D eigenvalue weighted by molar-refractivity contribution is -0.112. The van der Waals surface area contributed by atoms with E-state index in [0.717, 1.165) is 16.8 Å². The smallest absolute Gasteiger partial charge is 0.187 e. The molecule has 2 N–H and O–H groups in total. The highest BCUT2D eigenvalue weighted by Gasteiger charge is 2.25. The number of aromatic hydroxyl groups is 1. The van der Waals surface area contributed by atoms with Gasteiger partial charge in [-0.2, -0.15) is 0 Å². The molecule has 1 aliphatic heterocycles. The number of aliphatic imine (C=N–C) groups is 1. The van der Waals surface area contributed by atoms with Crippen molar-refractivity contribution in [1.29, 1.82) is 0 Å². The largest absolute Gasteiger partial charge is 0.505 e. The third-order valence-corrected chi connectivity index (χ3v) is 3.75. The van der Waals surface area contributed by atoms with Gasteiger partial charge < -0.3 is 10.1 Å². The van der Waals surface area contributed by atoms with E-state index in [9.17, 15) is 9.90 Å². The summed E-state index contributed by atoms with van der Waals surface area (Å²) in [5.41, 5.74) is 3.18. The number of ketones is 1. The molecule has 102 valence electrons. The predicted molar refractivity (Wildman–Crippen MR) is 81.3 cm³/mol. The quantitative estimate of drug-likeness (QED) is 0.717. The van der Waals surface area contributed by atoms with Crippen molar-refractivity contribution < 1.29 is 9.90 Å². The number of H-pyrrole nitrogens is 1. The third-order valence-electron chi connectivity index (χ3n) is 3.75. The van der Waals surface area contributed by atoms with Gasteiger partial charge in [-0.1, -0.05) is 30.3 Å². The van der Waals surface area contributed by atoms with E-state index in [-0.39, 0.29) is 11.5 Å². The number of hydrogen-bond acceptors (Lipinski definition) is 3. The van der Waals surface area contributed by atoms with Gasteiger partial charge in [-0.25, -0.2) is 4.99 Å². The summed E-state index contributed by atoms with van der Waals surface area (Å²) in [4.78, 5) is 19.8. The van der Waals surface area contributed by atoms with Crippen molar-refractivity contribution in [3.8, 4) is 5.75 Å². The van der Waals surface area contributed by atoms with Gasteiger partial charge in [0.05, 0.1) is 5.69 Å². The number of aromatic amines is 1. The Labute approximate surface area is 120 Å². The summed E-state index contributed by atoms with van der Waals surface area (Å²) in [6.45, 7) is 0. The highest BCUT2D eigenvalue weighted by molar-refractivity contribution is 6.48. The minimum Gasteiger partial charge on any atom is -0.505 e. The van der Waals surface area contributed by atoms with Gasteiger partial charge in [-0.15, -0.1) is 0 Å². The molecular weight excluding hydrogens is 264 g/mol. The summed E-state index contributed by atoms with van der Waals surface area (Å²) in [5.74, 6) is -0.00682. The Kier molecular flexibility index (Phi) is 2.44. The van der Waals surface area contributed by atoms with Gasteiger partial charge in [0.2, 0.25) is 0 Å². The minimum atomic E-state index is -0.0874. The van der Waals surface area contributed by atoms with Crippen LogP contribution in [0.1, 0.15) is 11.3 Å². The number of nitrogens with one attached hydrogen (secondary N) is 1. The van der Waals surface area contributed by atoms with Crippen LogP contribution in [0.25, 0.3) is 10.9 Å². The van der Waals surface area contributed by atoms with Crippen LogP contribution >= 0.6 is 0 Å². The third kappa shape index (κ3) is 1.76. The first-order valence-electron chi connectivity index (χ1n) is 6.74. The van der Waals surface area contributed by atoms with E-state index in [1.54, 1.807) is 0 Å². The van der Waals surface area contributed by atoms with Crippen molar-refractivity contribution in [3.63, 3.8) is 0 Å². The monoisotopic (exact) mass is 276 g/mol. The van der Waals surface area contributed by atoms with Gasteiger partial charge in [-0.3, -0.25) is 4.79 Å². The number of carbonyl (C=O) groups is 1. The highest BCUT2D eigenvalue weighted by Crippen LogP contribution is 2.32. The van der Waals surface area contributed by atoms with Crippen molar-refractivity contribution in [2.24, 2.45) is 4.99 Å². The summed E-state index contributed by atoms with van der Waals surface area (Å²) < 4.78 is 0. The van der Waals surface area contributed by atoms with Crippen LogP contribution in [0, 0.1) is 0 Å². The van der Waals surface area contributed by atoms with E-state index in [2.05, 4.69) is 9.98 Å². The topological polar surface area (TPSA) is 65.5 Å². The molecule has 1 aliphatic rings. The van der Waals surface area contributed by atoms with E-state index in [1.807, 2.05) is 48.5 Å². The molecule has 0 aliphatic carbocycles. The molecule has 3 aromatic rings. The Morgan fingerprint density at radius 1 is 1.05 bits per heavy atom. The molecular formula is C17H12N2O2. The Hall–Kier alpha value is -2.88. The lowest BCUT2D eigenvalue weighted by atomic mass is 9.98. The van der Waals surface area contributed by atoms with Gasteiger partial charge in [0, 0.05) is 17.3 Å². The zero-order valence-corrected chi connectivity index (χ0v) is 11.1. The number of carbonyl (C=O) groups excluding carboxylic acids is 1. The van der Waals surface area contributed by atoms with E-state index in [1.165, 1.54) is 0 Å². The average Bonchev–Trinajstić information content (AvgIpc) is 2.84. The molecule has 4 heteroatoms. The maximum absolute atomic E-state index is 12.3. The van der Waals surface area contributed by atoms with Crippen LogP contribution in [0.3, 0.4) is 0 Å². The summed E-state index contributed by atoms with van der Waals surface area (Å²) in [5, 5.41) is 11.0. The maximum atomic E-state index is 12.3. The second kappa shape index (κ2) is 4.31. The molecule has 0 unspecified atom stereocenters. The Morgan fingerprint density at radius 2 is 1.81 bits per heavy atom. The predicted octanol–water partition coefficient (Wildman–Crippen LogP) is 3.12. The second-order valence-corrected chi connectivity index (χ2v) is 5.08. The standard InChI is InChI=1S/C17H12N2O2/c20-14-9-10-5-1-3-7-12(10)18-15(14)16-17(21)11-6-2-4-8-13(11)19-16/h1-8,19,21H,9H2. The Morgan fingerprint density at radius 3 is 2.67 bits per heavy atom. The zero-order valence-electron chi connectivity index (χ0n) is 11.1. The molecule has 0 fully saturated rings. The SMILES string of the molecule is O=C1Cc2ccccc2N=C1c1[nH]c2ccccc2c1O. The van der Waals surface area contributed by atoms with Gasteiger partial charge in [0.1, 0.15) is 11.4 Å². The Bertz CT molecular complexity index is 906. The second-order valence-electron chi connectivity index (χ2n) is 5.08. The number of benzene rings is 2. The van der Waals surface area contributed by atoms with Crippen LogP contribution < -0.4 is 0 Å². The number of nitrogens with zero attached hydrogens (tertiary/aromatic N) is 1. The molecule has 1 aromatic heterocycles. The Balaban J connectivity index is 1.94. The van der Waals surface area contributed by atoms with E-state index in [4.69, 9.17) is 0 Å². The first-order chi connectivity index (χ1) is 10.2. The fraction of sp³-hybridized carbons (Fsp3) is 0.0588. The number of fused-ring (bicyclic) bond motifs is 2.